The Morgan fingerprint density at radius 2 is 2.29 bits per heavy atom. The highest BCUT2D eigenvalue weighted by Crippen LogP contribution is 2.38. The van der Waals surface area contributed by atoms with Crippen LogP contribution in [0.3, 0.4) is 0 Å². The molecular weight excluding hydrogens is 248 g/mol. The second-order valence-electron chi connectivity index (χ2n) is 4.30. The van der Waals surface area contributed by atoms with Crippen molar-refractivity contribution in [2.45, 2.75) is 43.4 Å². The van der Waals surface area contributed by atoms with E-state index in [-0.39, 0.29) is 25.3 Å². The number of rotatable bonds is 4. The number of alkyl halides is 2. The highest BCUT2D eigenvalue weighted by Gasteiger charge is 2.36. The number of halogens is 2. The molecule has 2 rings (SSSR count). The van der Waals surface area contributed by atoms with Crippen LogP contribution in [0.2, 0.25) is 0 Å². The number of hydrogen-bond donors (Lipinski definition) is 1. The van der Waals surface area contributed by atoms with Gasteiger partial charge in [-0.3, -0.25) is 0 Å². The minimum absolute atomic E-state index is 0.0199. The lowest BCUT2D eigenvalue weighted by Crippen LogP contribution is -2.27. The molecule has 0 bridgehead atoms. The highest BCUT2D eigenvalue weighted by molar-refractivity contribution is 7.99. The van der Waals surface area contributed by atoms with E-state index >= 15 is 0 Å². The Kier molecular flexibility index (Phi) is 3.98. The predicted molar refractivity (Wildman–Crippen MR) is 59.8 cm³/mol. The van der Waals surface area contributed by atoms with Gasteiger partial charge in [-0.2, -0.15) is 0 Å². The number of thioether (sulfide) groups is 1. The normalized spacial score (nSPS) is 23.8. The smallest absolute Gasteiger partial charge is 0.276 e. The van der Waals surface area contributed by atoms with Gasteiger partial charge in [0.15, 0.2) is 0 Å². The maximum absolute atomic E-state index is 13.2. The molecule has 0 aromatic carbocycles. The third-order valence-corrected chi connectivity index (χ3v) is 3.86. The van der Waals surface area contributed by atoms with Crippen LogP contribution in [-0.2, 0) is 6.54 Å². The van der Waals surface area contributed by atoms with Gasteiger partial charge in [0.05, 0.1) is 6.54 Å². The van der Waals surface area contributed by atoms with Crippen LogP contribution in [0.5, 0.6) is 0 Å². The van der Waals surface area contributed by atoms with E-state index in [0.717, 1.165) is 6.42 Å². The molecule has 1 unspecified atom stereocenters. The molecule has 1 aliphatic rings. The van der Waals surface area contributed by atoms with Gasteiger partial charge >= 0.3 is 0 Å². The van der Waals surface area contributed by atoms with Crippen LogP contribution >= 0.6 is 11.8 Å². The summed E-state index contributed by atoms with van der Waals surface area (Å²) in [5.74, 6) is -1.50. The summed E-state index contributed by atoms with van der Waals surface area (Å²) in [4.78, 5) is 0. The van der Waals surface area contributed by atoms with E-state index in [1.807, 2.05) is 0 Å². The standard InChI is InChI=1S/C10H15F2N3OS/c11-10(12)3-1-2-7(4-10)6-17-9-15-14-8(5-13)16-9/h7H,1-6,13H2. The van der Waals surface area contributed by atoms with Crippen molar-refractivity contribution in [1.29, 1.82) is 0 Å². The minimum atomic E-state index is -2.50. The number of aromatic nitrogens is 2. The van der Waals surface area contributed by atoms with Gasteiger partial charge in [0.1, 0.15) is 0 Å². The molecule has 1 aromatic rings. The summed E-state index contributed by atoms with van der Waals surface area (Å²) in [6.07, 6.45) is 1.43. The Balaban J connectivity index is 1.81. The van der Waals surface area contributed by atoms with Gasteiger partial charge in [-0.1, -0.05) is 11.8 Å². The van der Waals surface area contributed by atoms with Gasteiger partial charge < -0.3 is 10.2 Å². The molecule has 4 nitrogen and oxygen atoms in total. The van der Waals surface area contributed by atoms with Crippen LogP contribution in [0.25, 0.3) is 0 Å². The zero-order valence-corrected chi connectivity index (χ0v) is 10.2. The predicted octanol–water partition coefficient (Wildman–Crippen LogP) is 2.45. The van der Waals surface area contributed by atoms with E-state index in [1.54, 1.807) is 0 Å². The van der Waals surface area contributed by atoms with Crippen molar-refractivity contribution < 1.29 is 13.2 Å². The lowest BCUT2D eigenvalue weighted by molar-refractivity contribution is -0.0487. The number of nitrogens with zero attached hydrogens (tertiary/aromatic N) is 2. The van der Waals surface area contributed by atoms with Gasteiger partial charge in [0.2, 0.25) is 11.8 Å². The molecule has 1 heterocycles. The summed E-state index contributed by atoms with van der Waals surface area (Å²) < 4.78 is 31.5. The zero-order valence-electron chi connectivity index (χ0n) is 9.36. The molecule has 0 aliphatic heterocycles. The van der Waals surface area contributed by atoms with Crippen molar-refractivity contribution >= 4 is 11.8 Å². The fraction of sp³-hybridized carbons (Fsp3) is 0.800. The SMILES string of the molecule is NCc1nnc(SCC2CCCC(F)(F)C2)o1. The minimum Gasteiger partial charge on any atom is -0.415 e. The van der Waals surface area contributed by atoms with Gasteiger partial charge in [-0.05, 0) is 18.8 Å². The van der Waals surface area contributed by atoms with Crippen LogP contribution in [0.1, 0.15) is 31.6 Å². The summed E-state index contributed by atoms with van der Waals surface area (Å²) >= 11 is 1.33. The molecular formula is C10H15F2N3OS. The Hall–Kier alpha value is -0.690. The van der Waals surface area contributed by atoms with E-state index in [1.165, 1.54) is 11.8 Å². The second kappa shape index (κ2) is 5.30. The molecule has 1 aromatic heterocycles. The summed E-state index contributed by atoms with van der Waals surface area (Å²) in [7, 11) is 0. The van der Waals surface area contributed by atoms with Crippen molar-refractivity contribution in [2.24, 2.45) is 11.7 Å². The fourth-order valence-electron chi connectivity index (χ4n) is 1.99. The first-order valence-corrected chi connectivity index (χ1v) is 6.61. The first kappa shape index (κ1) is 12.8. The summed E-state index contributed by atoms with van der Waals surface area (Å²) in [6, 6.07) is 0. The molecule has 17 heavy (non-hydrogen) atoms. The maximum atomic E-state index is 13.2. The van der Waals surface area contributed by atoms with E-state index in [4.69, 9.17) is 10.2 Å². The summed E-state index contributed by atoms with van der Waals surface area (Å²) in [6.45, 7) is 0.203. The van der Waals surface area contributed by atoms with Crippen molar-refractivity contribution in [2.75, 3.05) is 5.75 Å². The van der Waals surface area contributed by atoms with Crippen molar-refractivity contribution in [1.82, 2.24) is 10.2 Å². The molecule has 7 heteroatoms. The van der Waals surface area contributed by atoms with Crippen LogP contribution < -0.4 is 5.73 Å². The molecule has 0 spiro atoms. The molecule has 2 N–H and O–H groups in total. The monoisotopic (exact) mass is 263 g/mol. The van der Waals surface area contributed by atoms with Crippen molar-refractivity contribution in [3.05, 3.63) is 5.89 Å². The topological polar surface area (TPSA) is 64.9 Å². The van der Waals surface area contributed by atoms with Crippen molar-refractivity contribution in [3.63, 3.8) is 0 Å². The van der Waals surface area contributed by atoms with E-state index in [9.17, 15) is 8.78 Å². The van der Waals surface area contributed by atoms with Gasteiger partial charge in [-0.15, -0.1) is 10.2 Å². The molecule has 1 aliphatic carbocycles. The van der Waals surface area contributed by atoms with Gasteiger partial charge in [-0.25, -0.2) is 8.78 Å². The van der Waals surface area contributed by atoms with Gasteiger partial charge in [0.25, 0.3) is 5.22 Å². The van der Waals surface area contributed by atoms with Crippen LogP contribution in [0.4, 0.5) is 8.78 Å². The molecule has 1 fully saturated rings. The molecule has 1 atom stereocenters. The summed E-state index contributed by atoms with van der Waals surface area (Å²) in [5, 5.41) is 7.92. The average Bonchev–Trinajstić information content (AvgIpc) is 2.73. The average molecular weight is 263 g/mol. The Morgan fingerprint density at radius 3 is 2.94 bits per heavy atom. The van der Waals surface area contributed by atoms with E-state index in [0.29, 0.717) is 23.3 Å². The van der Waals surface area contributed by atoms with Crippen LogP contribution in [-0.4, -0.2) is 21.9 Å². The number of nitrogens with two attached hydrogens (primary N) is 1. The largest absolute Gasteiger partial charge is 0.415 e. The lowest BCUT2D eigenvalue weighted by atomic mass is 9.88. The first-order valence-electron chi connectivity index (χ1n) is 5.62. The molecule has 0 radical (unpaired) electrons. The lowest BCUT2D eigenvalue weighted by Gasteiger charge is -2.28. The second-order valence-corrected chi connectivity index (χ2v) is 5.27. The quantitative estimate of drug-likeness (QED) is 0.845. The molecule has 0 amide bonds. The highest BCUT2D eigenvalue weighted by atomic mass is 32.2. The zero-order chi connectivity index (χ0) is 12.3. The maximum Gasteiger partial charge on any atom is 0.276 e. The van der Waals surface area contributed by atoms with Gasteiger partial charge in [0, 0.05) is 18.6 Å². The Labute approximate surface area is 102 Å². The first-order chi connectivity index (χ1) is 8.09. The Morgan fingerprint density at radius 1 is 1.47 bits per heavy atom. The molecule has 0 saturated heterocycles. The van der Waals surface area contributed by atoms with E-state index in [2.05, 4.69) is 10.2 Å². The van der Waals surface area contributed by atoms with Crippen LogP contribution in [0, 0.1) is 5.92 Å². The molecule has 1 saturated carbocycles. The molecule has 96 valence electrons. The summed E-state index contributed by atoms with van der Waals surface area (Å²) in [5.41, 5.74) is 5.33. The number of hydrogen-bond acceptors (Lipinski definition) is 5. The fourth-order valence-corrected chi connectivity index (χ4v) is 2.90. The third kappa shape index (κ3) is 3.64. The van der Waals surface area contributed by atoms with E-state index < -0.39 is 5.92 Å². The third-order valence-electron chi connectivity index (χ3n) is 2.81. The Bertz CT molecular complexity index is 372. The van der Waals surface area contributed by atoms with Crippen LogP contribution in [0.15, 0.2) is 9.64 Å². The van der Waals surface area contributed by atoms with Crippen molar-refractivity contribution in [3.8, 4) is 0 Å².